The molecule has 0 saturated heterocycles. The molecule has 0 spiro atoms. The molecule has 23 heavy (non-hydrogen) atoms. The molecule has 5 N–H and O–H groups in total. The van der Waals surface area contributed by atoms with Gasteiger partial charge in [0.05, 0.1) is 12.2 Å². The van der Waals surface area contributed by atoms with Crippen LogP contribution in [0, 0.1) is 0 Å². The van der Waals surface area contributed by atoms with Crippen LogP contribution in [0.15, 0.2) is 41.4 Å². The molecule has 0 fully saturated rings. The Morgan fingerprint density at radius 3 is 2.83 bits per heavy atom. The number of pyridine rings is 1. The van der Waals surface area contributed by atoms with E-state index < -0.39 is 6.09 Å². The molecule has 0 bridgehead atoms. The second kappa shape index (κ2) is 6.35. The van der Waals surface area contributed by atoms with Crippen LogP contribution in [-0.2, 0) is 6.42 Å². The molecule has 0 atom stereocenters. The van der Waals surface area contributed by atoms with Gasteiger partial charge in [-0.15, -0.1) is 0 Å². The highest BCUT2D eigenvalue weighted by Crippen LogP contribution is 2.35. The molecule has 3 rings (SSSR count). The average molecular weight is 311 g/mol. The van der Waals surface area contributed by atoms with Crippen molar-refractivity contribution in [3.8, 4) is 0 Å². The summed E-state index contributed by atoms with van der Waals surface area (Å²) in [5.41, 5.74) is 9.40. The number of nitrogens with one attached hydrogen (secondary N) is 2. The third-order valence-corrected chi connectivity index (χ3v) is 3.55. The standard InChI is InChI=1S/C16H17N5O2/c17-15-14-12(8-13(20-15)21-16(22)23)18-9-11(19-14)7-6-10-4-2-1-3-5-10/h1-5,8,18H,6-7,9H2,(H,22,23)(H3,17,20,21). The molecule has 0 aliphatic carbocycles. The van der Waals surface area contributed by atoms with Crippen LogP contribution in [0.3, 0.4) is 0 Å². The highest BCUT2D eigenvalue weighted by molar-refractivity contribution is 5.98. The van der Waals surface area contributed by atoms with Crippen LogP contribution in [0.1, 0.15) is 12.0 Å². The van der Waals surface area contributed by atoms with Gasteiger partial charge in [0, 0.05) is 11.8 Å². The van der Waals surface area contributed by atoms with Crippen molar-refractivity contribution in [2.45, 2.75) is 12.8 Å². The van der Waals surface area contributed by atoms with Crippen molar-refractivity contribution in [1.29, 1.82) is 0 Å². The van der Waals surface area contributed by atoms with Gasteiger partial charge in [-0.1, -0.05) is 30.3 Å². The molecule has 0 unspecified atom stereocenters. The zero-order chi connectivity index (χ0) is 16.2. The minimum absolute atomic E-state index is 0.184. The van der Waals surface area contributed by atoms with Crippen molar-refractivity contribution in [3.63, 3.8) is 0 Å². The lowest BCUT2D eigenvalue weighted by molar-refractivity contribution is 0.209. The summed E-state index contributed by atoms with van der Waals surface area (Å²) in [6.07, 6.45) is 0.549. The van der Waals surface area contributed by atoms with E-state index in [1.165, 1.54) is 5.56 Å². The van der Waals surface area contributed by atoms with E-state index in [1.54, 1.807) is 6.07 Å². The Balaban J connectivity index is 1.76. The van der Waals surface area contributed by atoms with Crippen molar-refractivity contribution in [2.24, 2.45) is 4.99 Å². The van der Waals surface area contributed by atoms with Crippen molar-refractivity contribution < 1.29 is 9.90 Å². The van der Waals surface area contributed by atoms with E-state index in [4.69, 9.17) is 10.8 Å². The Morgan fingerprint density at radius 1 is 1.30 bits per heavy atom. The minimum Gasteiger partial charge on any atom is -0.465 e. The first-order valence-corrected chi connectivity index (χ1v) is 7.26. The number of carboxylic acid groups (broad SMARTS) is 1. The topological polar surface area (TPSA) is 113 Å². The Kier molecular flexibility index (Phi) is 4.09. The lowest BCUT2D eigenvalue weighted by atomic mass is 10.1. The number of rotatable bonds is 4. The average Bonchev–Trinajstić information content (AvgIpc) is 2.53. The van der Waals surface area contributed by atoms with Crippen LogP contribution in [0.4, 0.5) is 27.8 Å². The number of aliphatic imine (C=N–C) groups is 1. The molecule has 1 aromatic heterocycles. The van der Waals surface area contributed by atoms with Gasteiger partial charge in [-0.2, -0.15) is 0 Å². The monoisotopic (exact) mass is 311 g/mol. The number of fused-ring (bicyclic) bond motifs is 1. The van der Waals surface area contributed by atoms with Crippen molar-refractivity contribution >= 4 is 34.8 Å². The van der Waals surface area contributed by atoms with Gasteiger partial charge in [-0.3, -0.25) is 5.32 Å². The molecule has 1 aliphatic heterocycles. The highest BCUT2D eigenvalue weighted by atomic mass is 16.4. The third kappa shape index (κ3) is 3.57. The second-order valence-corrected chi connectivity index (χ2v) is 5.24. The molecule has 0 radical (unpaired) electrons. The van der Waals surface area contributed by atoms with E-state index in [-0.39, 0.29) is 11.6 Å². The Hall–Kier alpha value is -3.09. The van der Waals surface area contributed by atoms with E-state index in [9.17, 15) is 4.79 Å². The summed E-state index contributed by atoms with van der Waals surface area (Å²) in [5.74, 6) is 0.389. The SMILES string of the molecule is Nc1nc(NC(=O)O)cc2c1N=C(CCc1ccccc1)CN2. The molecule has 7 nitrogen and oxygen atoms in total. The van der Waals surface area contributed by atoms with Crippen LogP contribution in [0.25, 0.3) is 0 Å². The third-order valence-electron chi connectivity index (χ3n) is 3.55. The lowest BCUT2D eigenvalue weighted by Gasteiger charge is -2.19. The maximum Gasteiger partial charge on any atom is 0.410 e. The second-order valence-electron chi connectivity index (χ2n) is 5.24. The van der Waals surface area contributed by atoms with E-state index >= 15 is 0 Å². The van der Waals surface area contributed by atoms with Gasteiger partial charge in [-0.25, -0.2) is 14.8 Å². The molecule has 1 aromatic carbocycles. The number of aromatic nitrogens is 1. The maximum atomic E-state index is 10.7. The van der Waals surface area contributed by atoms with Crippen molar-refractivity contribution in [2.75, 3.05) is 22.9 Å². The summed E-state index contributed by atoms with van der Waals surface area (Å²) >= 11 is 0. The van der Waals surface area contributed by atoms with Gasteiger partial charge in [0.2, 0.25) is 0 Å². The number of nitrogens with two attached hydrogens (primary N) is 1. The van der Waals surface area contributed by atoms with Crippen LogP contribution in [0.2, 0.25) is 0 Å². The number of hydrogen-bond acceptors (Lipinski definition) is 5. The van der Waals surface area contributed by atoms with E-state index in [1.807, 2.05) is 18.2 Å². The molecule has 118 valence electrons. The summed E-state index contributed by atoms with van der Waals surface area (Å²) in [7, 11) is 0. The van der Waals surface area contributed by atoms with Gasteiger partial charge < -0.3 is 16.2 Å². The fraction of sp³-hybridized carbons (Fsp3) is 0.188. The first-order chi connectivity index (χ1) is 11.1. The Morgan fingerprint density at radius 2 is 2.09 bits per heavy atom. The largest absolute Gasteiger partial charge is 0.465 e. The van der Waals surface area contributed by atoms with Crippen LogP contribution < -0.4 is 16.4 Å². The summed E-state index contributed by atoms with van der Waals surface area (Å²) in [6, 6.07) is 11.8. The van der Waals surface area contributed by atoms with E-state index in [0.717, 1.165) is 18.6 Å². The fourth-order valence-corrected chi connectivity index (χ4v) is 2.46. The predicted octanol–water partition coefficient (Wildman–Crippen LogP) is 2.88. The van der Waals surface area contributed by atoms with Crippen molar-refractivity contribution in [3.05, 3.63) is 42.0 Å². The molecule has 7 heteroatoms. The molecular weight excluding hydrogens is 294 g/mol. The number of aryl methyl sites for hydroxylation is 1. The van der Waals surface area contributed by atoms with Gasteiger partial charge in [-0.05, 0) is 18.4 Å². The van der Waals surface area contributed by atoms with Gasteiger partial charge >= 0.3 is 6.09 Å². The van der Waals surface area contributed by atoms with Crippen LogP contribution >= 0.6 is 0 Å². The van der Waals surface area contributed by atoms with Crippen LogP contribution in [0.5, 0.6) is 0 Å². The predicted molar refractivity (Wildman–Crippen MR) is 90.6 cm³/mol. The first-order valence-electron chi connectivity index (χ1n) is 7.26. The lowest BCUT2D eigenvalue weighted by Crippen LogP contribution is -2.20. The Labute approximate surface area is 133 Å². The summed E-state index contributed by atoms with van der Waals surface area (Å²) in [6.45, 7) is 0.607. The zero-order valence-corrected chi connectivity index (χ0v) is 12.4. The maximum absolute atomic E-state index is 10.7. The fourth-order valence-electron chi connectivity index (χ4n) is 2.46. The molecule has 1 aliphatic rings. The number of hydrogen-bond donors (Lipinski definition) is 4. The van der Waals surface area contributed by atoms with Gasteiger partial charge in [0.15, 0.2) is 5.82 Å². The number of amides is 1. The summed E-state index contributed by atoms with van der Waals surface area (Å²) in [5, 5.41) is 14.2. The number of carbonyl (C=O) groups is 1. The summed E-state index contributed by atoms with van der Waals surface area (Å²) < 4.78 is 0. The quantitative estimate of drug-likeness (QED) is 0.693. The van der Waals surface area contributed by atoms with Crippen molar-refractivity contribution in [1.82, 2.24) is 4.98 Å². The van der Waals surface area contributed by atoms with E-state index in [0.29, 0.717) is 17.9 Å². The summed E-state index contributed by atoms with van der Waals surface area (Å²) in [4.78, 5) is 19.3. The number of nitrogen functional groups attached to an aromatic ring is 1. The molecule has 2 aromatic rings. The Bertz CT molecular complexity index is 759. The zero-order valence-electron chi connectivity index (χ0n) is 12.4. The molecular formula is C16H17N5O2. The first kappa shape index (κ1) is 14.8. The van der Waals surface area contributed by atoms with Crippen LogP contribution in [-0.4, -0.2) is 28.4 Å². The molecule has 1 amide bonds. The number of anilines is 3. The molecule has 0 saturated carbocycles. The number of nitrogens with zero attached hydrogens (tertiary/aromatic N) is 2. The normalized spacial score (nSPS) is 12.8. The smallest absolute Gasteiger partial charge is 0.410 e. The van der Waals surface area contributed by atoms with Gasteiger partial charge in [0.1, 0.15) is 11.5 Å². The van der Waals surface area contributed by atoms with E-state index in [2.05, 4.69) is 32.7 Å². The minimum atomic E-state index is -1.18. The van der Waals surface area contributed by atoms with Gasteiger partial charge in [0.25, 0.3) is 0 Å². The molecule has 2 heterocycles. The number of benzene rings is 1. The highest BCUT2D eigenvalue weighted by Gasteiger charge is 2.17.